The van der Waals surface area contributed by atoms with Gasteiger partial charge in [0.15, 0.2) is 6.10 Å². The second-order valence-corrected chi connectivity index (χ2v) is 6.45. The fourth-order valence-electron chi connectivity index (χ4n) is 3.65. The van der Waals surface area contributed by atoms with Crippen molar-refractivity contribution in [2.45, 2.75) is 51.3 Å². The van der Waals surface area contributed by atoms with Crippen LogP contribution in [0.25, 0.3) is 0 Å². The molecule has 22 heavy (non-hydrogen) atoms. The van der Waals surface area contributed by atoms with Crippen LogP contribution in [0.4, 0.5) is 0 Å². The van der Waals surface area contributed by atoms with Gasteiger partial charge in [0.2, 0.25) is 5.91 Å². The van der Waals surface area contributed by atoms with Gasteiger partial charge in [-0.3, -0.25) is 9.59 Å². The van der Waals surface area contributed by atoms with Crippen molar-refractivity contribution < 1.29 is 19.1 Å². The Morgan fingerprint density at radius 1 is 1.27 bits per heavy atom. The summed E-state index contributed by atoms with van der Waals surface area (Å²) in [6.07, 6.45) is 2.00. The summed E-state index contributed by atoms with van der Waals surface area (Å²) in [4.78, 5) is 28.0. The Morgan fingerprint density at radius 3 is 2.41 bits per heavy atom. The van der Waals surface area contributed by atoms with Gasteiger partial charge in [-0.2, -0.15) is 0 Å². The Labute approximate surface area is 132 Å². The number of hydrogen-bond donors (Lipinski definition) is 0. The van der Waals surface area contributed by atoms with Crippen LogP contribution in [0.1, 0.15) is 33.1 Å². The van der Waals surface area contributed by atoms with E-state index >= 15 is 0 Å². The minimum atomic E-state index is -0.303. The third-order valence-corrected chi connectivity index (χ3v) is 4.83. The van der Waals surface area contributed by atoms with E-state index < -0.39 is 0 Å². The third-order valence-electron chi connectivity index (χ3n) is 4.83. The van der Waals surface area contributed by atoms with E-state index in [4.69, 9.17) is 9.47 Å². The predicted molar refractivity (Wildman–Crippen MR) is 82.4 cm³/mol. The highest BCUT2D eigenvalue weighted by atomic mass is 16.5. The molecule has 0 aromatic rings. The highest BCUT2D eigenvalue weighted by Crippen LogP contribution is 2.36. The maximum atomic E-state index is 12.1. The zero-order chi connectivity index (χ0) is 16.3. The number of methoxy groups -OCH3 is 2. The van der Waals surface area contributed by atoms with E-state index in [0.29, 0.717) is 18.9 Å². The molecule has 0 saturated carbocycles. The lowest BCUT2D eigenvalue weighted by Crippen LogP contribution is -2.70. The molecule has 0 spiro atoms. The lowest BCUT2D eigenvalue weighted by atomic mass is 9.79. The molecule has 0 aromatic carbocycles. The van der Waals surface area contributed by atoms with Crippen molar-refractivity contribution in [1.82, 2.24) is 9.80 Å². The lowest BCUT2D eigenvalue weighted by molar-refractivity contribution is -0.182. The minimum absolute atomic E-state index is 0.0982. The Morgan fingerprint density at radius 2 is 1.91 bits per heavy atom. The van der Waals surface area contributed by atoms with Crippen molar-refractivity contribution in [3.63, 3.8) is 0 Å². The summed E-state index contributed by atoms with van der Waals surface area (Å²) in [6, 6.07) is 0.360. The largest absolute Gasteiger partial charge is 0.384 e. The Balaban J connectivity index is 1.90. The van der Waals surface area contributed by atoms with Crippen LogP contribution in [0.5, 0.6) is 0 Å². The van der Waals surface area contributed by atoms with Crippen LogP contribution in [0.2, 0.25) is 0 Å². The van der Waals surface area contributed by atoms with Crippen molar-refractivity contribution >= 4 is 11.8 Å². The van der Waals surface area contributed by atoms with Crippen molar-refractivity contribution in [1.29, 1.82) is 0 Å². The van der Waals surface area contributed by atoms with Crippen LogP contribution < -0.4 is 0 Å². The molecule has 2 heterocycles. The fraction of sp³-hybridized carbons (Fsp3) is 0.875. The van der Waals surface area contributed by atoms with E-state index in [9.17, 15) is 9.59 Å². The van der Waals surface area contributed by atoms with Gasteiger partial charge in [-0.05, 0) is 32.6 Å². The molecule has 0 bridgehead atoms. The van der Waals surface area contributed by atoms with Crippen LogP contribution in [-0.4, -0.2) is 73.7 Å². The molecule has 2 aliphatic heterocycles. The number of likely N-dealkylation sites (tertiary alicyclic amines) is 2. The Kier molecular flexibility index (Phi) is 5.81. The normalized spacial score (nSPS) is 26.5. The lowest BCUT2D eigenvalue weighted by Gasteiger charge is -2.53. The van der Waals surface area contributed by atoms with E-state index in [1.54, 1.807) is 14.2 Å². The van der Waals surface area contributed by atoms with Crippen molar-refractivity contribution in [2.24, 2.45) is 5.92 Å². The first-order valence-electron chi connectivity index (χ1n) is 8.13. The van der Waals surface area contributed by atoms with Crippen LogP contribution >= 0.6 is 0 Å². The SMILES string of the molecule is COCCC(=O)N1CCC([C@H]2[C@@H](OC)C(=O)N2C(C)C)CC1. The van der Waals surface area contributed by atoms with Gasteiger partial charge in [0.05, 0.1) is 19.1 Å². The second-order valence-electron chi connectivity index (χ2n) is 6.45. The topological polar surface area (TPSA) is 59.1 Å². The minimum Gasteiger partial charge on any atom is -0.384 e. The average Bonchev–Trinajstić information content (AvgIpc) is 2.50. The number of hydrogen-bond acceptors (Lipinski definition) is 4. The van der Waals surface area contributed by atoms with Crippen LogP contribution in [-0.2, 0) is 19.1 Å². The molecule has 2 saturated heterocycles. The zero-order valence-corrected chi connectivity index (χ0v) is 14.1. The molecule has 0 radical (unpaired) electrons. The van der Waals surface area contributed by atoms with E-state index in [1.807, 2.05) is 23.6 Å². The smallest absolute Gasteiger partial charge is 0.254 e. The first-order chi connectivity index (χ1) is 10.5. The molecule has 0 N–H and O–H groups in total. The van der Waals surface area contributed by atoms with Gasteiger partial charge in [-0.15, -0.1) is 0 Å². The molecule has 6 heteroatoms. The number of ether oxygens (including phenoxy) is 2. The number of rotatable bonds is 6. The van der Waals surface area contributed by atoms with Gasteiger partial charge in [-0.25, -0.2) is 0 Å². The highest BCUT2D eigenvalue weighted by molar-refractivity contribution is 5.88. The molecular weight excluding hydrogens is 284 g/mol. The molecule has 2 fully saturated rings. The fourth-order valence-corrected chi connectivity index (χ4v) is 3.65. The second kappa shape index (κ2) is 7.42. The maximum Gasteiger partial charge on any atom is 0.254 e. The molecule has 2 amide bonds. The number of β-lactam (4-membered cyclic amide) rings is 1. The summed E-state index contributed by atoms with van der Waals surface area (Å²) in [5, 5.41) is 0. The van der Waals surface area contributed by atoms with E-state index in [1.165, 1.54) is 0 Å². The Bertz CT molecular complexity index is 405. The first kappa shape index (κ1) is 17.2. The Hall–Kier alpha value is -1.14. The van der Waals surface area contributed by atoms with Gasteiger partial charge in [0.1, 0.15) is 0 Å². The number of carbonyl (C=O) groups excluding carboxylic acids is 2. The first-order valence-corrected chi connectivity index (χ1v) is 8.13. The summed E-state index contributed by atoms with van der Waals surface area (Å²) in [5.41, 5.74) is 0. The number of nitrogens with zero attached hydrogens (tertiary/aromatic N) is 2. The summed E-state index contributed by atoms with van der Waals surface area (Å²) >= 11 is 0. The maximum absolute atomic E-state index is 12.1. The standard InChI is InChI=1S/C16H28N2O4/c1-11(2)18-14(15(22-4)16(18)20)12-5-8-17(9-6-12)13(19)7-10-21-3/h11-12,14-15H,5-10H2,1-4H3/t14-,15+/m0/s1. The van der Waals surface area contributed by atoms with Gasteiger partial charge in [0.25, 0.3) is 5.91 Å². The zero-order valence-electron chi connectivity index (χ0n) is 14.1. The molecule has 0 aliphatic carbocycles. The third kappa shape index (κ3) is 3.27. The summed E-state index contributed by atoms with van der Waals surface area (Å²) in [7, 11) is 3.22. The number of carbonyl (C=O) groups is 2. The molecular formula is C16H28N2O4. The van der Waals surface area contributed by atoms with Crippen molar-refractivity contribution in [3.8, 4) is 0 Å². The molecule has 0 aromatic heterocycles. The summed E-state index contributed by atoms with van der Waals surface area (Å²) < 4.78 is 10.3. The molecule has 2 aliphatic rings. The predicted octanol–water partition coefficient (Wildman–Crippen LogP) is 0.896. The highest BCUT2D eigenvalue weighted by Gasteiger charge is 2.52. The summed E-state index contributed by atoms with van der Waals surface area (Å²) in [5.74, 6) is 0.673. The molecule has 126 valence electrons. The average molecular weight is 312 g/mol. The molecule has 2 rings (SSSR count). The van der Waals surface area contributed by atoms with Crippen LogP contribution in [0.15, 0.2) is 0 Å². The van der Waals surface area contributed by atoms with Gasteiger partial charge < -0.3 is 19.3 Å². The van der Waals surface area contributed by atoms with Gasteiger partial charge in [0, 0.05) is 33.4 Å². The van der Waals surface area contributed by atoms with E-state index in [0.717, 1.165) is 25.9 Å². The van der Waals surface area contributed by atoms with E-state index in [2.05, 4.69) is 0 Å². The van der Waals surface area contributed by atoms with Gasteiger partial charge in [-0.1, -0.05) is 0 Å². The summed E-state index contributed by atoms with van der Waals surface area (Å²) in [6.45, 7) is 6.09. The van der Waals surface area contributed by atoms with Crippen LogP contribution in [0.3, 0.4) is 0 Å². The van der Waals surface area contributed by atoms with Crippen molar-refractivity contribution in [2.75, 3.05) is 33.9 Å². The van der Waals surface area contributed by atoms with E-state index in [-0.39, 0.29) is 30.0 Å². The van der Waals surface area contributed by atoms with Crippen LogP contribution in [0, 0.1) is 5.92 Å². The quantitative estimate of drug-likeness (QED) is 0.684. The number of piperidine rings is 1. The monoisotopic (exact) mass is 312 g/mol. The van der Waals surface area contributed by atoms with Gasteiger partial charge >= 0.3 is 0 Å². The molecule has 6 nitrogen and oxygen atoms in total. The molecule has 0 unspecified atom stereocenters. The number of amides is 2. The molecule has 2 atom stereocenters. The van der Waals surface area contributed by atoms with Crippen molar-refractivity contribution in [3.05, 3.63) is 0 Å².